The second-order valence-corrected chi connectivity index (χ2v) is 4.61. The fourth-order valence-corrected chi connectivity index (χ4v) is 2.15. The molecule has 0 aromatic carbocycles. The molecule has 1 aromatic rings. The van der Waals surface area contributed by atoms with Crippen molar-refractivity contribution in [2.24, 2.45) is 0 Å². The molecule has 16 heavy (non-hydrogen) atoms. The Labute approximate surface area is 101 Å². The molecule has 88 valence electrons. The van der Waals surface area contributed by atoms with Gasteiger partial charge >= 0.3 is 0 Å². The first kappa shape index (κ1) is 11.8. The molecule has 2 rings (SSSR count). The van der Waals surface area contributed by atoms with Crippen LogP contribution in [0.4, 0.5) is 0 Å². The zero-order valence-corrected chi connectivity index (χ0v) is 10.2. The molecule has 0 aliphatic carbocycles. The molecule has 2 heterocycles. The maximum atomic E-state index is 5.70. The van der Waals surface area contributed by atoms with Crippen molar-refractivity contribution in [3.05, 3.63) is 23.2 Å². The minimum Gasteiger partial charge on any atom is -0.317 e. The van der Waals surface area contributed by atoms with Crippen molar-refractivity contribution >= 4 is 11.6 Å². The molecule has 0 unspecified atom stereocenters. The van der Waals surface area contributed by atoms with Gasteiger partial charge in [-0.3, -0.25) is 9.88 Å². The number of hydrogen-bond donors (Lipinski definition) is 1. The first-order valence-electron chi connectivity index (χ1n) is 5.63. The van der Waals surface area contributed by atoms with E-state index in [9.17, 15) is 0 Å². The number of nitrogens with one attached hydrogen (secondary N) is 1. The van der Waals surface area contributed by atoms with Crippen LogP contribution in [0.2, 0.25) is 5.15 Å². The van der Waals surface area contributed by atoms with E-state index in [1.807, 2.05) is 0 Å². The molecule has 4 nitrogen and oxygen atoms in total. The highest BCUT2D eigenvalue weighted by atomic mass is 35.5. The van der Waals surface area contributed by atoms with Crippen molar-refractivity contribution in [1.29, 1.82) is 0 Å². The average Bonchev–Trinajstić information content (AvgIpc) is 2.33. The van der Waals surface area contributed by atoms with Crippen molar-refractivity contribution in [3.8, 4) is 0 Å². The van der Waals surface area contributed by atoms with Crippen LogP contribution in [-0.2, 0) is 6.54 Å². The highest BCUT2D eigenvalue weighted by Gasteiger charge is 2.17. The van der Waals surface area contributed by atoms with E-state index >= 15 is 0 Å². The first-order chi connectivity index (χ1) is 7.75. The molecule has 0 radical (unpaired) electrons. The van der Waals surface area contributed by atoms with Gasteiger partial charge in [-0.2, -0.15) is 0 Å². The van der Waals surface area contributed by atoms with E-state index in [4.69, 9.17) is 11.6 Å². The molecule has 1 aromatic heterocycles. The highest BCUT2D eigenvalue weighted by Crippen LogP contribution is 2.12. The van der Waals surface area contributed by atoms with Crippen molar-refractivity contribution in [2.45, 2.75) is 25.4 Å². The van der Waals surface area contributed by atoms with Gasteiger partial charge in [-0.25, -0.2) is 4.98 Å². The Balaban J connectivity index is 1.90. The average molecular weight is 241 g/mol. The summed E-state index contributed by atoms with van der Waals surface area (Å²) in [6.07, 6.45) is 5.77. The minimum absolute atomic E-state index is 0.452. The summed E-state index contributed by atoms with van der Waals surface area (Å²) in [5, 5.41) is 3.82. The maximum Gasteiger partial charge on any atom is 0.147 e. The van der Waals surface area contributed by atoms with Crippen LogP contribution in [0.1, 0.15) is 18.5 Å². The van der Waals surface area contributed by atoms with Gasteiger partial charge in [0.25, 0.3) is 0 Å². The molecule has 5 heteroatoms. The normalized spacial score (nSPS) is 17.9. The van der Waals surface area contributed by atoms with Crippen LogP contribution in [0.5, 0.6) is 0 Å². The van der Waals surface area contributed by atoms with Crippen molar-refractivity contribution < 1.29 is 0 Å². The molecule has 0 amide bonds. The van der Waals surface area contributed by atoms with Crippen LogP contribution in [0.15, 0.2) is 12.4 Å². The fraction of sp³-hybridized carbons (Fsp3) is 0.636. The first-order valence-corrected chi connectivity index (χ1v) is 6.01. The number of rotatable bonds is 3. The van der Waals surface area contributed by atoms with Crippen LogP contribution in [0.3, 0.4) is 0 Å². The molecular formula is C11H17ClN4. The molecule has 1 aliphatic heterocycles. The fourth-order valence-electron chi connectivity index (χ4n) is 2.05. The van der Waals surface area contributed by atoms with Gasteiger partial charge < -0.3 is 5.32 Å². The summed E-state index contributed by atoms with van der Waals surface area (Å²) in [6.45, 7) is 3.07. The van der Waals surface area contributed by atoms with E-state index in [-0.39, 0.29) is 0 Å². The van der Waals surface area contributed by atoms with Crippen LogP contribution >= 0.6 is 11.6 Å². The van der Waals surface area contributed by atoms with E-state index in [1.165, 1.54) is 12.8 Å². The van der Waals surface area contributed by atoms with E-state index in [0.717, 1.165) is 25.3 Å². The third kappa shape index (κ3) is 3.14. The second-order valence-electron chi connectivity index (χ2n) is 4.23. The zero-order chi connectivity index (χ0) is 11.4. The third-order valence-corrected chi connectivity index (χ3v) is 3.21. The molecule has 0 spiro atoms. The van der Waals surface area contributed by atoms with Gasteiger partial charge in [0.05, 0.1) is 18.1 Å². The summed E-state index contributed by atoms with van der Waals surface area (Å²) < 4.78 is 0. The van der Waals surface area contributed by atoms with E-state index in [1.54, 1.807) is 12.4 Å². The Kier molecular flexibility index (Phi) is 4.09. The van der Waals surface area contributed by atoms with Crippen LogP contribution in [0.25, 0.3) is 0 Å². The number of hydrogen-bond acceptors (Lipinski definition) is 4. The van der Waals surface area contributed by atoms with E-state index in [2.05, 4.69) is 27.2 Å². The highest BCUT2D eigenvalue weighted by molar-refractivity contribution is 6.29. The summed E-state index contributed by atoms with van der Waals surface area (Å²) >= 11 is 5.70. The zero-order valence-electron chi connectivity index (χ0n) is 9.49. The van der Waals surface area contributed by atoms with Crippen LogP contribution in [0, 0.1) is 0 Å². The topological polar surface area (TPSA) is 41.1 Å². The number of halogens is 1. The summed E-state index contributed by atoms with van der Waals surface area (Å²) in [5.41, 5.74) is 0.977. The number of aromatic nitrogens is 2. The smallest absolute Gasteiger partial charge is 0.147 e. The predicted molar refractivity (Wildman–Crippen MR) is 64.4 cm³/mol. The monoisotopic (exact) mass is 240 g/mol. The predicted octanol–water partition coefficient (Wildman–Crippen LogP) is 1.31. The largest absolute Gasteiger partial charge is 0.317 e. The lowest BCUT2D eigenvalue weighted by Gasteiger charge is -2.31. The molecule has 0 atom stereocenters. The Morgan fingerprint density at radius 1 is 1.38 bits per heavy atom. The van der Waals surface area contributed by atoms with Gasteiger partial charge in [-0.05, 0) is 33.0 Å². The molecular weight excluding hydrogens is 224 g/mol. The quantitative estimate of drug-likeness (QED) is 0.865. The molecule has 1 saturated heterocycles. The Morgan fingerprint density at radius 3 is 2.75 bits per heavy atom. The van der Waals surface area contributed by atoms with E-state index < -0.39 is 0 Å². The molecule has 1 aliphatic rings. The Morgan fingerprint density at radius 2 is 2.12 bits per heavy atom. The Bertz CT molecular complexity index is 321. The maximum absolute atomic E-state index is 5.70. The van der Waals surface area contributed by atoms with Gasteiger partial charge in [0.1, 0.15) is 5.15 Å². The van der Waals surface area contributed by atoms with Crippen molar-refractivity contribution in [1.82, 2.24) is 20.2 Å². The minimum atomic E-state index is 0.452. The molecule has 1 N–H and O–H groups in total. The van der Waals surface area contributed by atoms with Gasteiger partial charge in [0.15, 0.2) is 0 Å². The molecule has 0 saturated carbocycles. The standard InChI is InChI=1S/C11H17ClN4/c1-16(10-2-4-13-5-3-10)8-9-6-15-11(12)7-14-9/h6-7,10,13H,2-5,8H2,1H3. The van der Waals surface area contributed by atoms with Crippen LogP contribution < -0.4 is 5.32 Å². The lowest BCUT2D eigenvalue weighted by molar-refractivity contribution is 0.189. The lowest BCUT2D eigenvalue weighted by Crippen LogP contribution is -2.40. The summed E-state index contributed by atoms with van der Waals surface area (Å²) in [4.78, 5) is 10.6. The summed E-state index contributed by atoms with van der Waals surface area (Å²) in [5.74, 6) is 0. The Hall–Kier alpha value is -0.710. The third-order valence-electron chi connectivity index (χ3n) is 3.02. The SMILES string of the molecule is CN(Cc1cnc(Cl)cn1)C1CCNCC1. The van der Waals surface area contributed by atoms with Crippen molar-refractivity contribution in [2.75, 3.05) is 20.1 Å². The second kappa shape index (κ2) is 5.57. The molecule has 0 bridgehead atoms. The number of piperidine rings is 1. The van der Waals surface area contributed by atoms with Crippen molar-refractivity contribution in [3.63, 3.8) is 0 Å². The number of nitrogens with zero attached hydrogens (tertiary/aromatic N) is 3. The van der Waals surface area contributed by atoms with Gasteiger partial charge in [0.2, 0.25) is 0 Å². The van der Waals surface area contributed by atoms with Gasteiger partial charge in [-0.1, -0.05) is 11.6 Å². The summed E-state index contributed by atoms with van der Waals surface area (Å²) in [6, 6.07) is 0.652. The summed E-state index contributed by atoms with van der Waals surface area (Å²) in [7, 11) is 2.15. The van der Waals surface area contributed by atoms with Crippen LogP contribution in [-0.4, -0.2) is 41.0 Å². The van der Waals surface area contributed by atoms with Gasteiger partial charge in [-0.15, -0.1) is 0 Å². The van der Waals surface area contributed by atoms with Gasteiger partial charge in [0, 0.05) is 12.6 Å². The van der Waals surface area contributed by atoms with E-state index in [0.29, 0.717) is 11.2 Å². The molecule has 1 fully saturated rings. The lowest BCUT2D eigenvalue weighted by atomic mass is 10.1.